The highest BCUT2D eigenvalue weighted by molar-refractivity contribution is 5.99. The van der Waals surface area contributed by atoms with Crippen LogP contribution in [-0.4, -0.2) is 31.2 Å². The van der Waals surface area contributed by atoms with Crippen LogP contribution in [0.1, 0.15) is 28.1 Å². The van der Waals surface area contributed by atoms with Gasteiger partial charge in [0.25, 0.3) is 5.91 Å². The molecule has 1 aromatic carbocycles. The number of fused-ring (bicyclic) bond motifs is 1. The molecule has 2 aromatic rings. The molecule has 1 saturated heterocycles. The molecule has 4 nitrogen and oxygen atoms in total. The number of hydrogen-bond acceptors (Lipinski definition) is 3. The number of amides is 1. The molecule has 2 heterocycles. The Hall–Kier alpha value is -1.59. The van der Waals surface area contributed by atoms with Crippen molar-refractivity contribution >= 4 is 29.3 Å². The largest absolute Gasteiger partial charge is 0.451 e. The molecule has 0 unspecified atom stereocenters. The van der Waals surface area contributed by atoms with E-state index in [0.717, 1.165) is 22.1 Å². The van der Waals surface area contributed by atoms with E-state index in [1.165, 1.54) is 0 Å². The van der Waals surface area contributed by atoms with Crippen LogP contribution in [0.3, 0.4) is 0 Å². The number of hydrogen-bond donors (Lipinski definition) is 2. The fourth-order valence-corrected chi connectivity index (χ4v) is 2.77. The lowest BCUT2D eigenvalue weighted by atomic mass is 10.1. The van der Waals surface area contributed by atoms with Gasteiger partial charge in [-0.1, -0.05) is 12.1 Å². The molecule has 0 aliphatic carbocycles. The van der Waals surface area contributed by atoms with E-state index in [1.807, 2.05) is 32.0 Å². The highest BCUT2D eigenvalue weighted by Gasteiger charge is 2.25. The van der Waals surface area contributed by atoms with Crippen LogP contribution < -0.4 is 10.6 Å². The number of aryl methyl sites for hydroxylation is 2. The van der Waals surface area contributed by atoms with E-state index < -0.39 is 6.17 Å². The lowest BCUT2D eigenvalue weighted by molar-refractivity contribution is 0.0923. The standard InChI is InChI=1S/C16H19FN2O2.ClH/c1-9-3-4-13-10(2)15(21-14(13)5-9)16(20)19-8-12-6-11(17)7-18-12;/h3-5,11-12,18H,6-8H2,1-2H3,(H,19,20);1H/t11-,12-;/m0./s1. The van der Waals surface area contributed by atoms with Crippen molar-refractivity contribution in [2.24, 2.45) is 0 Å². The molecule has 22 heavy (non-hydrogen) atoms. The first-order valence-electron chi connectivity index (χ1n) is 7.20. The lowest BCUT2D eigenvalue weighted by Gasteiger charge is -2.10. The van der Waals surface area contributed by atoms with Gasteiger partial charge in [-0.3, -0.25) is 4.79 Å². The summed E-state index contributed by atoms with van der Waals surface area (Å²) in [6, 6.07) is 5.88. The molecule has 1 aromatic heterocycles. The van der Waals surface area contributed by atoms with E-state index in [4.69, 9.17) is 4.42 Å². The molecule has 0 saturated carbocycles. The first-order valence-corrected chi connectivity index (χ1v) is 7.20. The maximum absolute atomic E-state index is 13.1. The summed E-state index contributed by atoms with van der Waals surface area (Å²) in [7, 11) is 0. The fourth-order valence-electron chi connectivity index (χ4n) is 2.77. The van der Waals surface area contributed by atoms with Crippen LogP contribution in [0, 0.1) is 13.8 Å². The highest BCUT2D eigenvalue weighted by atomic mass is 35.5. The predicted octanol–water partition coefficient (Wildman–Crippen LogP) is 2.90. The van der Waals surface area contributed by atoms with Crippen molar-refractivity contribution < 1.29 is 13.6 Å². The van der Waals surface area contributed by atoms with Gasteiger partial charge in [0.1, 0.15) is 11.8 Å². The van der Waals surface area contributed by atoms with Crippen LogP contribution in [0.25, 0.3) is 11.0 Å². The Morgan fingerprint density at radius 2 is 2.23 bits per heavy atom. The van der Waals surface area contributed by atoms with Crippen LogP contribution >= 0.6 is 12.4 Å². The van der Waals surface area contributed by atoms with Crippen LogP contribution in [0.15, 0.2) is 22.6 Å². The summed E-state index contributed by atoms with van der Waals surface area (Å²) in [6.45, 7) is 4.63. The van der Waals surface area contributed by atoms with E-state index in [-0.39, 0.29) is 24.4 Å². The second kappa shape index (κ2) is 6.67. The van der Waals surface area contributed by atoms with Crippen molar-refractivity contribution in [1.82, 2.24) is 10.6 Å². The Labute approximate surface area is 134 Å². The summed E-state index contributed by atoms with van der Waals surface area (Å²) in [6.07, 6.45) is -0.374. The third-order valence-corrected chi connectivity index (χ3v) is 3.98. The molecule has 1 aliphatic rings. The predicted molar refractivity (Wildman–Crippen MR) is 86.6 cm³/mol. The van der Waals surface area contributed by atoms with Gasteiger partial charge in [-0.15, -0.1) is 12.4 Å². The third kappa shape index (κ3) is 3.25. The first kappa shape index (κ1) is 16.8. The smallest absolute Gasteiger partial charge is 0.287 e. The molecule has 6 heteroatoms. The van der Waals surface area contributed by atoms with E-state index in [2.05, 4.69) is 10.6 Å². The van der Waals surface area contributed by atoms with Crippen LogP contribution in [0.5, 0.6) is 0 Å². The number of carbonyl (C=O) groups excluding carboxylic acids is 1. The van der Waals surface area contributed by atoms with Gasteiger partial charge in [0.15, 0.2) is 5.76 Å². The Balaban J connectivity index is 0.00000176. The molecular weight excluding hydrogens is 307 g/mol. The molecular formula is C16H20ClFN2O2. The van der Waals surface area contributed by atoms with Crippen molar-refractivity contribution in [2.75, 3.05) is 13.1 Å². The fraction of sp³-hybridized carbons (Fsp3) is 0.438. The zero-order valence-electron chi connectivity index (χ0n) is 12.6. The van der Waals surface area contributed by atoms with Gasteiger partial charge in [-0.2, -0.15) is 0 Å². The number of halogens is 2. The third-order valence-electron chi connectivity index (χ3n) is 3.98. The monoisotopic (exact) mass is 326 g/mol. The molecule has 1 aliphatic heterocycles. The van der Waals surface area contributed by atoms with Crippen LogP contribution in [-0.2, 0) is 0 Å². The minimum atomic E-state index is -0.817. The molecule has 0 radical (unpaired) electrons. The summed E-state index contributed by atoms with van der Waals surface area (Å²) in [4.78, 5) is 12.2. The van der Waals surface area contributed by atoms with Crippen molar-refractivity contribution in [1.29, 1.82) is 0 Å². The van der Waals surface area contributed by atoms with Crippen molar-refractivity contribution in [3.8, 4) is 0 Å². The summed E-state index contributed by atoms with van der Waals surface area (Å²) in [5.74, 6) is 0.0934. The number of alkyl halides is 1. The molecule has 1 fully saturated rings. The van der Waals surface area contributed by atoms with Crippen molar-refractivity contribution in [3.63, 3.8) is 0 Å². The van der Waals surface area contributed by atoms with Crippen molar-refractivity contribution in [2.45, 2.75) is 32.5 Å². The van der Waals surface area contributed by atoms with E-state index >= 15 is 0 Å². The quantitative estimate of drug-likeness (QED) is 0.912. The summed E-state index contributed by atoms with van der Waals surface area (Å²) < 4.78 is 18.7. The zero-order chi connectivity index (χ0) is 15.0. The summed E-state index contributed by atoms with van der Waals surface area (Å²) >= 11 is 0. The maximum Gasteiger partial charge on any atom is 0.287 e. The first-order chi connectivity index (χ1) is 10.0. The molecule has 2 atom stereocenters. The molecule has 120 valence electrons. The van der Waals surface area contributed by atoms with E-state index in [9.17, 15) is 9.18 Å². The van der Waals surface area contributed by atoms with E-state index in [1.54, 1.807) is 0 Å². The van der Waals surface area contributed by atoms with E-state index in [0.29, 0.717) is 25.3 Å². The van der Waals surface area contributed by atoms with Crippen LogP contribution in [0.4, 0.5) is 4.39 Å². The molecule has 0 bridgehead atoms. The molecule has 0 spiro atoms. The average molecular weight is 327 g/mol. The average Bonchev–Trinajstić information content (AvgIpc) is 3.00. The number of carbonyl (C=O) groups is 1. The van der Waals surface area contributed by atoms with Crippen LogP contribution in [0.2, 0.25) is 0 Å². The number of benzene rings is 1. The second-order valence-corrected chi connectivity index (χ2v) is 5.70. The van der Waals surface area contributed by atoms with Gasteiger partial charge in [-0.05, 0) is 31.9 Å². The minimum absolute atomic E-state index is 0. The second-order valence-electron chi connectivity index (χ2n) is 5.70. The molecule has 1 amide bonds. The number of nitrogens with one attached hydrogen (secondary N) is 2. The zero-order valence-corrected chi connectivity index (χ0v) is 13.4. The topological polar surface area (TPSA) is 54.3 Å². The van der Waals surface area contributed by atoms with Gasteiger partial charge in [0.2, 0.25) is 0 Å². The Kier molecular flexibility index (Phi) is 5.08. The van der Waals surface area contributed by atoms with Gasteiger partial charge >= 0.3 is 0 Å². The minimum Gasteiger partial charge on any atom is -0.451 e. The van der Waals surface area contributed by atoms with Gasteiger partial charge < -0.3 is 15.1 Å². The van der Waals surface area contributed by atoms with Gasteiger partial charge in [0.05, 0.1) is 0 Å². The summed E-state index contributed by atoms with van der Waals surface area (Å²) in [5.41, 5.74) is 2.65. The lowest BCUT2D eigenvalue weighted by Crippen LogP contribution is -2.37. The Bertz CT molecular complexity index is 686. The SMILES string of the molecule is Cc1ccc2c(C)c(C(=O)NC[C@@H]3C[C@H](F)CN3)oc2c1.Cl. The normalized spacial score (nSPS) is 20.9. The number of rotatable bonds is 3. The summed E-state index contributed by atoms with van der Waals surface area (Å²) in [5, 5.41) is 6.81. The maximum atomic E-state index is 13.1. The molecule has 2 N–H and O–H groups in total. The van der Waals surface area contributed by atoms with Gasteiger partial charge in [-0.25, -0.2) is 4.39 Å². The van der Waals surface area contributed by atoms with Gasteiger partial charge in [0, 0.05) is 30.1 Å². The Morgan fingerprint density at radius 1 is 1.45 bits per heavy atom. The van der Waals surface area contributed by atoms with Crippen molar-refractivity contribution in [3.05, 3.63) is 35.1 Å². The number of furan rings is 1. The Morgan fingerprint density at radius 3 is 2.91 bits per heavy atom. The highest BCUT2D eigenvalue weighted by Crippen LogP contribution is 2.26. The molecule has 3 rings (SSSR count).